The van der Waals surface area contributed by atoms with Crippen LogP contribution < -0.4 is 5.32 Å². The monoisotopic (exact) mass is 435 g/mol. The Balaban J connectivity index is 1.70. The highest BCUT2D eigenvalue weighted by Gasteiger charge is 2.35. The van der Waals surface area contributed by atoms with Gasteiger partial charge in [-0.2, -0.15) is 8.78 Å². The van der Waals surface area contributed by atoms with Crippen molar-refractivity contribution in [3.8, 4) is 0 Å². The van der Waals surface area contributed by atoms with Crippen LogP contribution in [-0.4, -0.2) is 30.8 Å². The number of benzene rings is 2. The molecule has 4 nitrogen and oxygen atoms in total. The normalized spacial score (nSPS) is 19.0. The molecule has 2 aromatic rings. The maximum atomic E-state index is 14.3. The van der Waals surface area contributed by atoms with Gasteiger partial charge >= 0.3 is 5.97 Å². The summed E-state index contributed by atoms with van der Waals surface area (Å²) >= 11 is 0.367. The van der Waals surface area contributed by atoms with Crippen LogP contribution in [0.15, 0.2) is 65.6 Å². The highest BCUT2D eigenvalue weighted by Crippen LogP contribution is 2.35. The zero-order chi connectivity index (χ0) is 21.7. The van der Waals surface area contributed by atoms with Crippen LogP contribution in [0, 0.1) is 11.7 Å². The van der Waals surface area contributed by atoms with E-state index in [9.17, 15) is 22.8 Å². The molecule has 30 heavy (non-hydrogen) atoms. The summed E-state index contributed by atoms with van der Waals surface area (Å²) < 4.78 is 44.3. The number of esters is 1. The number of methoxy groups -OCH3 is 1. The Bertz CT molecular complexity index is 951. The average Bonchev–Trinajstić information content (AvgIpc) is 3.17. The van der Waals surface area contributed by atoms with Crippen LogP contribution >= 0.6 is 11.8 Å². The minimum absolute atomic E-state index is 0.239. The van der Waals surface area contributed by atoms with Crippen molar-refractivity contribution in [3.63, 3.8) is 0 Å². The van der Waals surface area contributed by atoms with Gasteiger partial charge in [-0.05, 0) is 36.6 Å². The summed E-state index contributed by atoms with van der Waals surface area (Å²) in [4.78, 5) is 25.2. The third-order valence-corrected chi connectivity index (χ3v) is 5.58. The number of carbonyl (C=O) groups excluding carboxylic acids is 2. The zero-order valence-corrected chi connectivity index (χ0v) is 16.9. The van der Waals surface area contributed by atoms with Gasteiger partial charge in [-0.15, -0.1) is 0 Å². The van der Waals surface area contributed by atoms with Crippen molar-refractivity contribution in [2.75, 3.05) is 7.11 Å². The Morgan fingerprint density at radius 3 is 2.60 bits per heavy atom. The lowest BCUT2D eigenvalue weighted by Crippen LogP contribution is -2.33. The van der Waals surface area contributed by atoms with Gasteiger partial charge in [-0.25, -0.2) is 4.39 Å². The third kappa shape index (κ3) is 5.24. The second-order valence-electron chi connectivity index (χ2n) is 6.79. The van der Waals surface area contributed by atoms with E-state index in [1.165, 1.54) is 31.4 Å². The maximum Gasteiger partial charge on any atom is 0.313 e. The Morgan fingerprint density at radius 2 is 1.90 bits per heavy atom. The molecule has 0 bridgehead atoms. The molecule has 0 aromatic heterocycles. The molecule has 3 unspecified atom stereocenters. The summed E-state index contributed by atoms with van der Waals surface area (Å²) in [5.41, 5.74) is 0.499. The first-order valence-electron chi connectivity index (χ1n) is 9.25. The summed E-state index contributed by atoms with van der Waals surface area (Å²) in [5, 5.41) is 2.82. The molecule has 0 radical (unpaired) electrons. The van der Waals surface area contributed by atoms with E-state index in [1.54, 1.807) is 36.4 Å². The molecule has 1 aliphatic carbocycles. The zero-order valence-electron chi connectivity index (χ0n) is 16.1. The predicted molar refractivity (Wildman–Crippen MR) is 108 cm³/mol. The van der Waals surface area contributed by atoms with E-state index in [1.807, 2.05) is 0 Å². The van der Waals surface area contributed by atoms with Gasteiger partial charge in [0.1, 0.15) is 5.82 Å². The summed E-state index contributed by atoms with van der Waals surface area (Å²) in [6.45, 7) is 0. The van der Waals surface area contributed by atoms with Crippen LogP contribution in [0.1, 0.15) is 28.3 Å². The lowest BCUT2D eigenvalue weighted by atomic mass is 9.85. The van der Waals surface area contributed by atoms with Crippen molar-refractivity contribution >= 4 is 23.6 Å². The number of allylic oxidation sites excluding steroid dienone is 1. The summed E-state index contributed by atoms with van der Waals surface area (Å²) in [5.74, 6) is -5.24. The molecule has 2 aromatic carbocycles. The standard InChI is InChI=1S/C22H20F3NO3S/c1-29-21(28)19(17-7-2-3-8-18(17)23)13-9-10-15(11-13)26-20(27)14-5-4-6-16(12-14)30-22(24)25/h2-10,12-13,15,19,22H,11H2,1H3,(H,26,27). The lowest BCUT2D eigenvalue weighted by molar-refractivity contribution is -0.143. The van der Waals surface area contributed by atoms with E-state index in [2.05, 4.69) is 5.32 Å². The number of amides is 1. The Labute approximate surface area is 176 Å². The number of rotatable bonds is 7. The number of carbonyl (C=O) groups is 2. The van der Waals surface area contributed by atoms with Gasteiger partial charge in [0.25, 0.3) is 11.7 Å². The van der Waals surface area contributed by atoms with Crippen molar-refractivity contribution in [2.24, 2.45) is 5.92 Å². The Kier molecular flexibility index (Phi) is 7.20. The van der Waals surface area contributed by atoms with E-state index < -0.39 is 29.4 Å². The summed E-state index contributed by atoms with van der Waals surface area (Å²) in [7, 11) is 1.25. The van der Waals surface area contributed by atoms with Gasteiger partial charge in [0.05, 0.1) is 13.0 Å². The van der Waals surface area contributed by atoms with Gasteiger partial charge in [0.15, 0.2) is 0 Å². The van der Waals surface area contributed by atoms with E-state index in [0.29, 0.717) is 23.1 Å². The molecule has 3 rings (SSSR count). The number of hydrogen-bond donors (Lipinski definition) is 1. The Hall–Kier alpha value is -2.74. The van der Waals surface area contributed by atoms with Gasteiger partial charge in [0.2, 0.25) is 0 Å². The highest BCUT2D eigenvalue weighted by atomic mass is 32.2. The highest BCUT2D eigenvalue weighted by molar-refractivity contribution is 7.99. The molecule has 158 valence electrons. The van der Waals surface area contributed by atoms with Crippen LogP contribution in [0.25, 0.3) is 0 Å². The first kappa shape index (κ1) is 22.0. The number of thioether (sulfide) groups is 1. The number of hydrogen-bond acceptors (Lipinski definition) is 4. The number of halogens is 3. The quantitative estimate of drug-likeness (QED) is 0.387. The molecule has 8 heteroatoms. The molecule has 0 spiro atoms. The third-order valence-electron chi connectivity index (χ3n) is 4.88. The molecule has 0 heterocycles. The van der Waals surface area contributed by atoms with Gasteiger partial charge in [-0.3, -0.25) is 9.59 Å². The van der Waals surface area contributed by atoms with E-state index >= 15 is 0 Å². The smallest absolute Gasteiger partial charge is 0.313 e. The lowest BCUT2D eigenvalue weighted by Gasteiger charge is -2.22. The fourth-order valence-electron chi connectivity index (χ4n) is 3.53. The van der Waals surface area contributed by atoms with Crippen LogP contribution in [0.2, 0.25) is 0 Å². The van der Waals surface area contributed by atoms with E-state index in [-0.39, 0.29) is 23.1 Å². The molecule has 1 aliphatic rings. The van der Waals surface area contributed by atoms with E-state index in [0.717, 1.165) is 0 Å². The topological polar surface area (TPSA) is 55.4 Å². The first-order valence-corrected chi connectivity index (χ1v) is 10.1. The molecule has 0 fully saturated rings. The van der Waals surface area contributed by atoms with Crippen LogP contribution in [0.5, 0.6) is 0 Å². The van der Waals surface area contributed by atoms with Gasteiger partial charge < -0.3 is 10.1 Å². The van der Waals surface area contributed by atoms with Crippen LogP contribution in [0.3, 0.4) is 0 Å². The largest absolute Gasteiger partial charge is 0.469 e. The molecular weight excluding hydrogens is 415 g/mol. The molecule has 0 saturated heterocycles. The fraction of sp³-hybridized carbons (Fsp3) is 0.273. The van der Waals surface area contributed by atoms with Gasteiger partial charge in [0, 0.05) is 22.1 Å². The predicted octanol–water partition coefficient (Wildman–Crippen LogP) is 4.77. The molecule has 0 aliphatic heterocycles. The van der Waals surface area contributed by atoms with E-state index in [4.69, 9.17) is 4.74 Å². The molecule has 0 saturated carbocycles. The van der Waals surface area contributed by atoms with Crippen molar-refractivity contribution in [2.45, 2.75) is 29.0 Å². The molecule has 1 N–H and O–H groups in total. The molecule has 1 amide bonds. The van der Waals surface area contributed by atoms with Crippen molar-refractivity contribution in [1.29, 1.82) is 0 Å². The number of alkyl halides is 2. The molecule has 3 atom stereocenters. The number of ether oxygens (including phenoxy) is 1. The summed E-state index contributed by atoms with van der Waals surface area (Å²) in [6, 6.07) is 11.6. The Morgan fingerprint density at radius 1 is 1.13 bits per heavy atom. The molecular formula is C22H20F3NO3S. The van der Waals surface area contributed by atoms with Gasteiger partial charge in [-0.1, -0.05) is 48.2 Å². The minimum atomic E-state index is -2.57. The second kappa shape index (κ2) is 9.84. The SMILES string of the molecule is COC(=O)C(c1ccccc1F)C1C=CC(NC(=O)c2cccc(SC(F)F)c2)C1. The first-order chi connectivity index (χ1) is 14.4. The van der Waals surface area contributed by atoms with Crippen molar-refractivity contribution in [3.05, 3.63) is 77.6 Å². The fourth-order valence-corrected chi connectivity index (χ4v) is 4.09. The van der Waals surface area contributed by atoms with Crippen molar-refractivity contribution < 1.29 is 27.5 Å². The maximum absolute atomic E-state index is 14.3. The number of nitrogens with one attached hydrogen (secondary N) is 1. The van der Waals surface area contributed by atoms with Crippen molar-refractivity contribution in [1.82, 2.24) is 5.32 Å². The average molecular weight is 435 g/mol. The second-order valence-corrected chi connectivity index (χ2v) is 7.86. The van der Waals surface area contributed by atoms with Crippen LogP contribution in [0.4, 0.5) is 13.2 Å². The summed E-state index contributed by atoms with van der Waals surface area (Å²) in [6.07, 6.45) is 3.89. The van der Waals surface area contributed by atoms with Crippen LogP contribution in [-0.2, 0) is 9.53 Å². The minimum Gasteiger partial charge on any atom is -0.469 e.